The minimum absolute atomic E-state index is 0. The largest absolute Gasteiger partial charge is 2.00 e. The van der Waals surface area contributed by atoms with Crippen LogP contribution in [-0.4, -0.2) is 76.9 Å². The maximum atomic E-state index is 10.9. The van der Waals surface area contributed by atoms with E-state index in [1.807, 2.05) is 0 Å². The van der Waals surface area contributed by atoms with Crippen molar-refractivity contribution in [1.29, 1.82) is 0 Å². The van der Waals surface area contributed by atoms with Crippen molar-refractivity contribution in [2.75, 3.05) is 13.2 Å². The van der Waals surface area contributed by atoms with Crippen molar-refractivity contribution in [3.63, 3.8) is 0 Å². The van der Waals surface area contributed by atoms with Crippen LogP contribution in [0.1, 0.15) is 349 Å². The van der Waals surface area contributed by atoms with Crippen molar-refractivity contribution in [2.24, 2.45) is 11.8 Å². The summed E-state index contributed by atoms with van der Waals surface area (Å²) in [5, 5.41) is 0. The molecule has 0 fully saturated rings. The maximum Gasteiger partial charge on any atom is 2.00 e. The zero-order valence-corrected chi connectivity index (χ0v) is 50.6. The molecule has 0 N–H and O–H groups in total. The zero-order chi connectivity index (χ0) is 50.3. The molecule has 0 saturated carbocycles. The van der Waals surface area contributed by atoms with Crippen molar-refractivity contribution in [3.05, 3.63) is 0 Å². The van der Waals surface area contributed by atoms with Crippen molar-refractivity contribution in [3.8, 4) is 0 Å². The second-order valence-electron chi connectivity index (χ2n) is 21.1. The van der Waals surface area contributed by atoms with Gasteiger partial charge in [-0.2, -0.15) is 0 Å². The summed E-state index contributed by atoms with van der Waals surface area (Å²) < 4.78 is 74.5. The molecule has 2 atom stereocenters. The molecule has 0 aromatic rings. The van der Waals surface area contributed by atoms with Gasteiger partial charge in [-0.15, -0.1) is 0 Å². The molecule has 0 aliphatic carbocycles. The minimum Gasteiger partial charge on any atom is -0.726 e. The standard InChI is InChI=1S/2C29H60O4S.Ca/c2*1-3-5-7-9-11-13-14-15-16-17-19-21-23-25-27-29(28-33-34(30,31)32)26-24-22-20-18-12-10-8-6-4-2;/h2*29H,3-28H2,1-2H3,(H,30,31,32);/q;;+2/p-2. The number of hydrogen-bond acceptors (Lipinski definition) is 8. The van der Waals surface area contributed by atoms with Crippen LogP contribution in [0.3, 0.4) is 0 Å². The molecule has 11 heteroatoms. The van der Waals surface area contributed by atoms with E-state index in [1.165, 1.54) is 270 Å². The SMILES string of the molecule is CCCCCCCCCCCCCCCCC(CCCCCCCCCCC)COS(=O)(=O)[O-].CCCCCCCCCCCCCCCCC(CCCCCCCCCCC)COS(=O)(=O)[O-].[Ca+2]. The Morgan fingerprint density at radius 1 is 0.261 bits per heavy atom. The quantitative estimate of drug-likeness (QED) is 0.0255. The average molecular weight is 1050 g/mol. The predicted octanol–water partition coefficient (Wildman–Crippen LogP) is 19.4. The third-order valence-corrected chi connectivity index (χ3v) is 15.1. The summed E-state index contributed by atoms with van der Waals surface area (Å²) in [5.74, 6) is 0.399. The van der Waals surface area contributed by atoms with Crippen LogP contribution in [0.25, 0.3) is 0 Å². The first-order valence-corrected chi connectivity index (χ1v) is 32.9. The van der Waals surface area contributed by atoms with Crippen LogP contribution in [0.4, 0.5) is 0 Å². The zero-order valence-electron chi connectivity index (χ0n) is 46.7. The molecule has 0 aromatic heterocycles. The van der Waals surface area contributed by atoms with Crippen LogP contribution in [0.2, 0.25) is 0 Å². The molecule has 0 rings (SSSR count). The van der Waals surface area contributed by atoms with Crippen molar-refractivity contribution < 1.29 is 34.3 Å². The molecular weight excluding hydrogens is 929 g/mol. The van der Waals surface area contributed by atoms with E-state index in [0.717, 1.165) is 51.4 Å². The van der Waals surface area contributed by atoms with Crippen LogP contribution < -0.4 is 0 Å². The molecular formula is C58H118CaO8S2. The van der Waals surface area contributed by atoms with E-state index in [4.69, 9.17) is 0 Å². The van der Waals surface area contributed by atoms with Crippen molar-refractivity contribution in [2.45, 2.75) is 349 Å². The van der Waals surface area contributed by atoms with Crippen LogP contribution in [0.5, 0.6) is 0 Å². The van der Waals surface area contributed by atoms with Gasteiger partial charge >= 0.3 is 37.7 Å². The summed E-state index contributed by atoms with van der Waals surface area (Å²) >= 11 is 0. The van der Waals surface area contributed by atoms with Gasteiger partial charge in [0.1, 0.15) is 0 Å². The molecule has 0 radical (unpaired) electrons. The molecule has 0 bridgehead atoms. The predicted molar refractivity (Wildman–Crippen MR) is 298 cm³/mol. The van der Waals surface area contributed by atoms with Gasteiger partial charge in [-0.25, -0.2) is 16.8 Å². The number of hydrogen-bond donors (Lipinski definition) is 0. The average Bonchev–Trinajstić information content (AvgIpc) is 3.30. The second-order valence-corrected chi connectivity index (χ2v) is 23.2. The van der Waals surface area contributed by atoms with Crippen LogP contribution in [0.15, 0.2) is 0 Å². The molecule has 2 unspecified atom stereocenters. The van der Waals surface area contributed by atoms with Crippen molar-refractivity contribution in [1.82, 2.24) is 0 Å². The summed E-state index contributed by atoms with van der Waals surface area (Å²) in [6.07, 6.45) is 64.6. The molecule has 0 spiro atoms. The Bertz CT molecular complexity index is 1080. The fraction of sp³-hybridized carbons (Fsp3) is 1.00. The van der Waals surface area contributed by atoms with Crippen LogP contribution in [-0.2, 0) is 29.2 Å². The van der Waals surface area contributed by atoms with Gasteiger partial charge < -0.3 is 9.11 Å². The third-order valence-electron chi connectivity index (χ3n) is 14.3. The van der Waals surface area contributed by atoms with E-state index in [9.17, 15) is 25.9 Å². The molecule has 0 heterocycles. The minimum atomic E-state index is -4.58. The van der Waals surface area contributed by atoms with Gasteiger partial charge in [-0.3, -0.25) is 8.37 Å². The first-order valence-electron chi connectivity index (χ1n) is 30.2. The molecule has 0 aliphatic rings. The molecule has 8 nitrogen and oxygen atoms in total. The van der Waals surface area contributed by atoms with Gasteiger partial charge in [-0.1, -0.05) is 323 Å². The molecule has 0 aliphatic heterocycles. The molecule has 412 valence electrons. The second kappa shape index (κ2) is 59.9. The summed E-state index contributed by atoms with van der Waals surface area (Å²) in [7, 11) is -9.16. The smallest absolute Gasteiger partial charge is 0.726 e. The Hall–Kier alpha value is 1.000. The van der Waals surface area contributed by atoms with Gasteiger partial charge in [0.15, 0.2) is 0 Å². The third kappa shape index (κ3) is 69.0. The topological polar surface area (TPSA) is 133 Å². The van der Waals surface area contributed by atoms with Gasteiger partial charge in [0.25, 0.3) is 0 Å². The molecule has 0 amide bonds. The van der Waals surface area contributed by atoms with E-state index in [2.05, 4.69) is 36.1 Å². The Balaban J connectivity index is -0.00000124. The Morgan fingerprint density at radius 3 is 0.522 bits per heavy atom. The van der Waals surface area contributed by atoms with Gasteiger partial charge in [0.05, 0.1) is 13.2 Å². The summed E-state index contributed by atoms with van der Waals surface area (Å²) in [6.45, 7) is 9.18. The maximum absolute atomic E-state index is 10.9. The van der Waals surface area contributed by atoms with Gasteiger partial charge in [-0.05, 0) is 37.5 Å². The monoisotopic (exact) mass is 1050 g/mol. The first kappa shape index (κ1) is 74.2. The molecule has 0 aromatic carbocycles. The molecule has 0 saturated heterocycles. The summed E-state index contributed by atoms with van der Waals surface area (Å²) in [6, 6.07) is 0. The Labute approximate surface area is 463 Å². The summed E-state index contributed by atoms with van der Waals surface area (Å²) in [4.78, 5) is 0. The van der Waals surface area contributed by atoms with E-state index in [0.29, 0.717) is 0 Å². The number of rotatable bonds is 56. The van der Waals surface area contributed by atoms with Crippen molar-refractivity contribution >= 4 is 58.5 Å². The normalized spacial score (nSPS) is 12.7. The van der Waals surface area contributed by atoms with Crippen LogP contribution >= 0.6 is 0 Å². The Kier molecular flexibility index (Phi) is 64.4. The van der Waals surface area contributed by atoms with E-state index < -0.39 is 20.8 Å². The summed E-state index contributed by atoms with van der Waals surface area (Å²) in [5.41, 5.74) is 0. The Morgan fingerprint density at radius 2 is 0.391 bits per heavy atom. The van der Waals surface area contributed by atoms with E-state index in [-0.39, 0.29) is 62.8 Å². The van der Waals surface area contributed by atoms with Gasteiger partial charge in [0, 0.05) is 0 Å². The first-order chi connectivity index (χ1) is 33.0. The molecule has 69 heavy (non-hydrogen) atoms. The fourth-order valence-electron chi connectivity index (χ4n) is 9.72. The fourth-order valence-corrected chi connectivity index (χ4v) is 10.4. The van der Waals surface area contributed by atoms with Gasteiger partial charge in [0.2, 0.25) is 20.8 Å². The number of unbranched alkanes of at least 4 members (excludes halogenated alkanes) is 42. The van der Waals surface area contributed by atoms with E-state index >= 15 is 0 Å². The van der Waals surface area contributed by atoms with E-state index in [1.54, 1.807) is 0 Å². The van der Waals surface area contributed by atoms with Crippen LogP contribution in [0, 0.1) is 11.8 Å².